The molecule has 2 heteroatoms. The van der Waals surface area contributed by atoms with Crippen LogP contribution in [0.3, 0.4) is 0 Å². The van der Waals surface area contributed by atoms with E-state index in [4.69, 9.17) is 4.74 Å². The van der Waals surface area contributed by atoms with Gasteiger partial charge in [-0.1, -0.05) is 6.08 Å². The summed E-state index contributed by atoms with van der Waals surface area (Å²) in [7, 11) is 0. The number of carbonyl (C=O) groups is 1. The molecule has 78 valence electrons. The van der Waals surface area contributed by atoms with E-state index in [9.17, 15) is 4.79 Å². The summed E-state index contributed by atoms with van der Waals surface area (Å²) in [5.74, 6) is 1.27. The largest absolute Gasteiger partial charge is 0.498 e. The monoisotopic (exact) mass is 194 g/mol. The summed E-state index contributed by atoms with van der Waals surface area (Å²) in [4.78, 5) is 11.6. The quantitative estimate of drug-likeness (QED) is 0.629. The molecule has 1 rings (SSSR count). The van der Waals surface area contributed by atoms with Crippen molar-refractivity contribution in [2.45, 2.75) is 32.6 Å². The fraction of sp³-hybridized carbons (Fsp3) is 0.583. The highest BCUT2D eigenvalue weighted by atomic mass is 16.5. The van der Waals surface area contributed by atoms with Gasteiger partial charge in [-0.2, -0.15) is 0 Å². The van der Waals surface area contributed by atoms with E-state index in [0.29, 0.717) is 6.61 Å². The second-order valence-corrected chi connectivity index (χ2v) is 3.55. The zero-order chi connectivity index (χ0) is 10.4. The van der Waals surface area contributed by atoms with E-state index in [1.165, 1.54) is 0 Å². The summed E-state index contributed by atoms with van der Waals surface area (Å²) < 4.78 is 5.33. The number of carbonyl (C=O) groups excluding carboxylic acids is 1. The molecule has 0 N–H and O–H groups in total. The standard InChI is InChI=1S/C12H18O2/c1-3-5-6-10-7-8-11(14-4-2)9-12(10)13/h3,9-10H,1,4-8H2,2H3. The van der Waals surface area contributed by atoms with Crippen LogP contribution in [0.1, 0.15) is 32.6 Å². The lowest BCUT2D eigenvalue weighted by atomic mass is 9.88. The molecule has 0 heterocycles. The van der Waals surface area contributed by atoms with Crippen molar-refractivity contribution < 1.29 is 9.53 Å². The van der Waals surface area contributed by atoms with Crippen LogP contribution in [0.2, 0.25) is 0 Å². The molecule has 0 saturated heterocycles. The van der Waals surface area contributed by atoms with E-state index < -0.39 is 0 Å². The topological polar surface area (TPSA) is 26.3 Å². The summed E-state index contributed by atoms with van der Waals surface area (Å²) in [6.45, 7) is 6.25. The van der Waals surface area contributed by atoms with Crippen molar-refractivity contribution in [1.29, 1.82) is 0 Å². The SMILES string of the molecule is C=CCCC1CCC(OCC)=CC1=O. The zero-order valence-electron chi connectivity index (χ0n) is 8.79. The Morgan fingerprint density at radius 3 is 3.07 bits per heavy atom. The first kappa shape index (κ1) is 11.0. The molecule has 0 fully saturated rings. The van der Waals surface area contributed by atoms with E-state index in [1.54, 1.807) is 6.08 Å². The van der Waals surface area contributed by atoms with Gasteiger partial charge in [0.1, 0.15) is 0 Å². The third kappa shape index (κ3) is 3.02. The van der Waals surface area contributed by atoms with Crippen LogP contribution < -0.4 is 0 Å². The lowest BCUT2D eigenvalue weighted by Crippen LogP contribution is -2.18. The van der Waals surface area contributed by atoms with Crippen LogP contribution in [0, 0.1) is 5.92 Å². The normalized spacial score (nSPS) is 21.6. The summed E-state index contributed by atoms with van der Waals surface area (Å²) in [5.41, 5.74) is 0. The van der Waals surface area contributed by atoms with Gasteiger partial charge in [-0.25, -0.2) is 0 Å². The zero-order valence-corrected chi connectivity index (χ0v) is 8.79. The highest BCUT2D eigenvalue weighted by Crippen LogP contribution is 2.25. The number of rotatable bonds is 5. The number of hydrogen-bond acceptors (Lipinski definition) is 2. The first-order valence-electron chi connectivity index (χ1n) is 5.26. The van der Waals surface area contributed by atoms with E-state index in [0.717, 1.165) is 31.4 Å². The molecule has 2 nitrogen and oxygen atoms in total. The number of allylic oxidation sites excluding steroid dienone is 3. The Balaban J connectivity index is 2.47. The Kier molecular flexibility index (Phi) is 4.44. The number of ether oxygens (including phenoxy) is 1. The van der Waals surface area contributed by atoms with E-state index in [-0.39, 0.29) is 11.7 Å². The smallest absolute Gasteiger partial charge is 0.162 e. The van der Waals surface area contributed by atoms with Gasteiger partial charge in [-0.15, -0.1) is 6.58 Å². The predicted molar refractivity (Wildman–Crippen MR) is 56.9 cm³/mol. The number of hydrogen-bond donors (Lipinski definition) is 0. The first-order valence-corrected chi connectivity index (χ1v) is 5.26. The maximum Gasteiger partial charge on any atom is 0.162 e. The molecule has 1 unspecified atom stereocenters. The Morgan fingerprint density at radius 2 is 2.50 bits per heavy atom. The van der Waals surface area contributed by atoms with E-state index in [1.807, 2.05) is 13.0 Å². The first-order chi connectivity index (χ1) is 6.77. The molecule has 0 aromatic carbocycles. The molecule has 0 aromatic rings. The van der Waals surface area contributed by atoms with Crippen molar-refractivity contribution in [2.24, 2.45) is 5.92 Å². The van der Waals surface area contributed by atoms with Crippen LogP contribution in [0.25, 0.3) is 0 Å². The molecule has 1 aliphatic rings. The maximum absolute atomic E-state index is 11.6. The molecule has 1 aliphatic carbocycles. The molecule has 1 atom stereocenters. The Hall–Kier alpha value is -1.05. The third-order valence-electron chi connectivity index (χ3n) is 2.49. The molecular weight excluding hydrogens is 176 g/mol. The van der Waals surface area contributed by atoms with Crippen molar-refractivity contribution in [2.75, 3.05) is 6.61 Å². The molecule has 0 spiro atoms. The highest BCUT2D eigenvalue weighted by molar-refractivity contribution is 5.92. The van der Waals surface area contributed by atoms with Gasteiger partial charge in [0.15, 0.2) is 5.78 Å². The van der Waals surface area contributed by atoms with Crippen molar-refractivity contribution in [1.82, 2.24) is 0 Å². The van der Waals surface area contributed by atoms with E-state index in [2.05, 4.69) is 6.58 Å². The Labute approximate surface area is 85.6 Å². The average molecular weight is 194 g/mol. The van der Waals surface area contributed by atoms with Crippen LogP contribution >= 0.6 is 0 Å². The van der Waals surface area contributed by atoms with Crippen LogP contribution in [0.4, 0.5) is 0 Å². The Morgan fingerprint density at radius 1 is 1.71 bits per heavy atom. The Bertz CT molecular complexity index is 241. The van der Waals surface area contributed by atoms with Crippen LogP contribution in [-0.2, 0) is 9.53 Å². The molecule has 0 amide bonds. The minimum Gasteiger partial charge on any atom is -0.498 e. The minimum absolute atomic E-state index is 0.192. The van der Waals surface area contributed by atoms with Gasteiger partial charge in [0.2, 0.25) is 0 Å². The lowest BCUT2D eigenvalue weighted by Gasteiger charge is -2.20. The summed E-state index contributed by atoms with van der Waals surface area (Å²) in [6, 6.07) is 0. The average Bonchev–Trinajstić information content (AvgIpc) is 2.17. The minimum atomic E-state index is 0.192. The van der Waals surface area contributed by atoms with Crippen molar-refractivity contribution >= 4 is 5.78 Å². The number of ketones is 1. The van der Waals surface area contributed by atoms with Crippen molar-refractivity contribution in [3.05, 3.63) is 24.5 Å². The molecular formula is C12H18O2. The molecule has 0 saturated carbocycles. The fourth-order valence-corrected chi connectivity index (χ4v) is 1.71. The van der Waals surface area contributed by atoms with Gasteiger partial charge < -0.3 is 4.74 Å². The third-order valence-corrected chi connectivity index (χ3v) is 2.49. The maximum atomic E-state index is 11.6. The molecule has 0 aliphatic heterocycles. The fourth-order valence-electron chi connectivity index (χ4n) is 1.71. The van der Waals surface area contributed by atoms with Gasteiger partial charge in [-0.05, 0) is 26.2 Å². The van der Waals surface area contributed by atoms with E-state index >= 15 is 0 Å². The molecule has 0 bridgehead atoms. The predicted octanol–water partition coefficient (Wildman–Crippen LogP) is 2.85. The summed E-state index contributed by atoms with van der Waals surface area (Å²) >= 11 is 0. The van der Waals surface area contributed by atoms with Crippen LogP contribution in [-0.4, -0.2) is 12.4 Å². The van der Waals surface area contributed by atoms with Crippen LogP contribution in [0.5, 0.6) is 0 Å². The second-order valence-electron chi connectivity index (χ2n) is 3.55. The molecule has 0 aromatic heterocycles. The summed E-state index contributed by atoms with van der Waals surface area (Å²) in [5, 5.41) is 0. The summed E-state index contributed by atoms with van der Waals surface area (Å²) in [6.07, 6.45) is 7.22. The highest BCUT2D eigenvalue weighted by Gasteiger charge is 2.21. The van der Waals surface area contributed by atoms with Gasteiger partial charge in [0, 0.05) is 18.4 Å². The van der Waals surface area contributed by atoms with Gasteiger partial charge in [-0.3, -0.25) is 4.79 Å². The lowest BCUT2D eigenvalue weighted by molar-refractivity contribution is -0.119. The van der Waals surface area contributed by atoms with Crippen LogP contribution in [0.15, 0.2) is 24.5 Å². The molecule has 14 heavy (non-hydrogen) atoms. The molecule has 0 radical (unpaired) electrons. The van der Waals surface area contributed by atoms with Gasteiger partial charge in [0.25, 0.3) is 0 Å². The second kappa shape index (κ2) is 5.63. The van der Waals surface area contributed by atoms with Gasteiger partial charge >= 0.3 is 0 Å². The van der Waals surface area contributed by atoms with Gasteiger partial charge in [0.05, 0.1) is 12.4 Å². The van der Waals surface area contributed by atoms with Crippen molar-refractivity contribution in [3.8, 4) is 0 Å². The van der Waals surface area contributed by atoms with Crippen molar-refractivity contribution in [3.63, 3.8) is 0 Å².